The SMILES string of the molecule is O=C(CNC(=O)c1ccc2c(c1)CCC2)Nc1cccc(CS(=O)C2CCOCC2)c1. The summed E-state index contributed by atoms with van der Waals surface area (Å²) in [4.78, 5) is 24.7. The van der Waals surface area contributed by atoms with E-state index in [0.29, 0.717) is 30.2 Å². The summed E-state index contributed by atoms with van der Waals surface area (Å²) >= 11 is 0. The Morgan fingerprint density at radius 3 is 2.68 bits per heavy atom. The number of anilines is 1. The number of aryl methyl sites for hydroxylation is 2. The Hall–Kier alpha value is -2.51. The lowest BCUT2D eigenvalue weighted by Gasteiger charge is -2.21. The van der Waals surface area contributed by atoms with E-state index in [1.807, 2.05) is 36.4 Å². The molecule has 2 aliphatic rings. The van der Waals surface area contributed by atoms with Crippen LogP contribution < -0.4 is 10.6 Å². The predicted octanol–water partition coefficient (Wildman–Crippen LogP) is 2.97. The first kappa shape index (κ1) is 21.7. The van der Waals surface area contributed by atoms with Gasteiger partial charge in [0.2, 0.25) is 5.91 Å². The first-order valence-corrected chi connectivity index (χ1v) is 12.2. The van der Waals surface area contributed by atoms with Gasteiger partial charge in [0.25, 0.3) is 5.91 Å². The Balaban J connectivity index is 1.28. The summed E-state index contributed by atoms with van der Waals surface area (Å²) in [5, 5.41) is 5.67. The molecule has 0 saturated carbocycles. The van der Waals surface area contributed by atoms with Crippen molar-refractivity contribution in [2.24, 2.45) is 0 Å². The molecule has 1 fully saturated rings. The predicted molar refractivity (Wildman–Crippen MR) is 122 cm³/mol. The van der Waals surface area contributed by atoms with Crippen LogP contribution in [-0.2, 0) is 38.9 Å². The van der Waals surface area contributed by atoms with Gasteiger partial charge in [0.1, 0.15) is 0 Å². The maximum absolute atomic E-state index is 12.6. The molecule has 4 rings (SSSR count). The molecular formula is C24H28N2O4S. The number of carbonyl (C=O) groups excluding carboxylic acids is 2. The lowest BCUT2D eigenvalue weighted by molar-refractivity contribution is -0.115. The molecule has 1 atom stereocenters. The van der Waals surface area contributed by atoms with Crippen molar-refractivity contribution in [3.05, 3.63) is 64.7 Å². The summed E-state index contributed by atoms with van der Waals surface area (Å²) in [6, 6.07) is 13.2. The second-order valence-corrected chi connectivity index (χ2v) is 9.82. The molecule has 1 heterocycles. The van der Waals surface area contributed by atoms with E-state index in [9.17, 15) is 13.8 Å². The molecule has 0 radical (unpaired) electrons. The molecule has 0 bridgehead atoms. The van der Waals surface area contributed by atoms with Crippen molar-refractivity contribution in [3.63, 3.8) is 0 Å². The van der Waals surface area contributed by atoms with E-state index < -0.39 is 10.8 Å². The summed E-state index contributed by atoms with van der Waals surface area (Å²) < 4.78 is 17.9. The van der Waals surface area contributed by atoms with E-state index in [4.69, 9.17) is 4.74 Å². The zero-order chi connectivity index (χ0) is 21.6. The number of carbonyl (C=O) groups is 2. The van der Waals surface area contributed by atoms with Gasteiger partial charge in [0.05, 0.1) is 6.54 Å². The number of fused-ring (bicyclic) bond motifs is 1. The smallest absolute Gasteiger partial charge is 0.251 e. The summed E-state index contributed by atoms with van der Waals surface area (Å²) in [6.07, 6.45) is 4.86. The Morgan fingerprint density at radius 1 is 1.03 bits per heavy atom. The number of hydrogen-bond acceptors (Lipinski definition) is 4. The summed E-state index contributed by atoms with van der Waals surface area (Å²) in [6.45, 7) is 1.24. The highest BCUT2D eigenvalue weighted by molar-refractivity contribution is 7.84. The zero-order valence-corrected chi connectivity index (χ0v) is 18.3. The van der Waals surface area contributed by atoms with Crippen molar-refractivity contribution in [3.8, 4) is 0 Å². The van der Waals surface area contributed by atoms with Crippen molar-refractivity contribution in [1.29, 1.82) is 0 Å². The van der Waals surface area contributed by atoms with Crippen molar-refractivity contribution in [2.45, 2.75) is 43.1 Å². The fourth-order valence-corrected chi connectivity index (χ4v) is 5.60. The third kappa shape index (κ3) is 5.80. The van der Waals surface area contributed by atoms with E-state index in [2.05, 4.69) is 10.6 Å². The molecule has 2 aromatic rings. The molecule has 2 aromatic carbocycles. The average Bonchev–Trinajstić information content (AvgIpc) is 3.26. The molecule has 1 saturated heterocycles. The summed E-state index contributed by atoms with van der Waals surface area (Å²) in [5.41, 5.74) is 4.69. The first-order valence-electron chi connectivity index (χ1n) is 10.8. The van der Waals surface area contributed by atoms with Gasteiger partial charge in [-0.25, -0.2) is 0 Å². The highest BCUT2D eigenvalue weighted by Gasteiger charge is 2.20. The molecule has 0 aromatic heterocycles. The van der Waals surface area contributed by atoms with Crippen LogP contribution in [0.3, 0.4) is 0 Å². The van der Waals surface area contributed by atoms with Gasteiger partial charge in [0, 0.05) is 46.3 Å². The summed E-state index contributed by atoms with van der Waals surface area (Å²) in [5.74, 6) is -0.0774. The minimum Gasteiger partial charge on any atom is -0.381 e. The highest BCUT2D eigenvalue weighted by Crippen LogP contribution is 2.23. The van der Waals surface area contributed by atoms with Crippen LogP contribution in [0.4, 0.5) is 5.69 Å². The molecular weight excluding hydrogens is 412 g/mol. The van der Waals surface area contributed by atoms with Crippen molar-refractivity contribution in [1.82, 2.24) is 5.32 Å². The van der Waals surface area contributed by atoms with Gasteiger partial charge in [-0.15, -0.1) is 0 Å². The molecule has 6 nitrogen and oxygen atoms in total. The number of ether oxygens (including phenoxy) is 1. The van der Waals surface area contributed by atoms with E-state index in [-0.39, 0.29) is 23.6 Å². The minimum atomic E-state index is -0.959. The molecule has 2 N–H and O–H groups in total. The van der Waals surface area contributed by atoms with Crippen LogP contribution in [0.15, 0.2) is 42.5 Å². The fraction of sp³-hybridized carbons (Fsp3) is 0.417. The Kier molecular flexibility index (Phi) is 7.14. The Bertz CT molecular complexity index is 985. The van der Waals surface area contributed by atoms with Gasteiger partial charge in [0.15, 0.2) is 0 Å². The van der Waals surface area contributed by atoms with Gasteiger partial charge in [-0.05, 0) is 73.1 Å². The first-order chi connectivity index (χ1) is 15.1. The maximum Gasteiger partial charge on any atom is 0.251 e. The van der Waals surface area contributed by atoms with Gasteiger partial charge in [-0.2, -0.15) is 0 Å². The van der Waals surface area contributed by atoms with Crippen LogP contribution in [-0.4, -0.2) is 41.0 Å². The number of benzene rings is 2. The van der Waals surface area contributed by atoms with Gasteiger partial charge in [-0.3, -0.25) is 13.8 Å². The fourth-order valence-electron chi connectivity index (χ4n) is 4.14. The topological polar surface area (TPSA) is 84.5 Å². The van der Waals surface area contributed by atoms with Crippen molar-refractivity contribution >= 4 is 28.3 Å². The highest BCUT2D eigenvalue weighted by atomic mass is 32.2. The second kappa shape index (κ2) is 10.2. The maximum atomic E-state index is 12.6. The van der Waals surface area contributed by atoms with Crippen LogP contribution in [0.1, 0.15) is 46.3 Å². The number of hydrogen-bond donors (Lipinski definition) is 2. The van der Waals surface area contributed by atoms with Crippen molar-refractivity contribution in [2.75, 3.05) is 25.1 Å². The van der Waals surface area contributed by atoms with Crippen LogP contribution in [0.5, 0.6) is 0 Å². The monoisotopic (exact) mass is 440 g/mol. The summed E-state index contributed by atoms with van der Waals surface area (Å²) in [7, 11) is -0.959. The third-order valence-corrected chi connectivity index (χ3v) is 7.66. The standard InChI is InChI=1S/C24H28N2O4S/c27-23(15-25-24(28)20-8-7-18-4-2-5-19(18)14-20)26-21-6-1-3-17(13-21)16-31(29)22-9-11-30-12-10-22/h1,3,6-8,13-14,22H,2,4-5,9-12,15-16H2,(H,25,28)(H,26,27). The Labute approximate surface area is 185 Å². The molecule has 1 aliphatic carbocycles. The number of nitrogens with one attached hydrogen (secondary N) is 2. The number of rotatable bonds is 7. The molecule has 164 valence electrons. The van der Waals surface area contributed by atoms with Crippen LogP contribution in [0.2, 0.25) is 0 Å². The van der Waals surface area contributed by atoms with E-state index in [0.717, 1.165) is 37.7 Å². The second-order valence-electron chi connectivity index (χ2n) is 8.11. The Morgan fingerprint density at radius 2 is 1.84 bits per heavy atom. The van der Waals surface area contributed by atoms with Crippen LogP contribution in [0, 0.1) is 0 Å². The van der Waals surface area contributed by atoms with Crippen LogP contribution in [0.25, 0.3) is 0 Å². The molecule has 2 amide bonds. The van der Waals surface area contributed by atoms with Crippen molar-refractivity contribution < 1.29 is 18.5 Å². The molecule has 0 spiro atoms. The molecule has 1 unspecified atom stereocenters. The van der Waals surface area contributed by atoms with E-state index >= 15 is 0 Å². The van der Waals surface area contributed by atoms with Crippen LogP contribution >= 0.6 is 0 Å². The average molecular weight is 441 g/mol. The molecule has 7 heteroatoms. The van der Waals surface area contributed by atoms with Gasteiger partial charge in [-0.1, -0.05) is 18.2 Å². The van der Waals surface area contributed by atoms with E-state index in [1.54, 1.807) is 6.07 Å². The minimum absolute atomic E-state index is 0.103. The largest absolute Gasteiger partial charge is 0.381 e. The molecule has 1 aliphatic heterocycles. The number of amides is 2. The normalized spacial score (nSPS) is 17.0. The lowest BCUT2D eigenvalue weighted by atomic mass is 10.1. The lowest BCUT2D eigenvalue weighted by Crippen LogP contribution is -2.32. The van der Waals surface area contributed by atoms with Gasteiger partial charge < -0.3 is 15.4 Å². The van der Waals surface area contributed by atoms with E-state index in [1.165, 1.54) is 11.1 Å². The third-order valence-electron chi connectivity index (χ3n) is 5.83. The molecule has 31 heavy (non-hydrogen) atoms. The zero-order valence-electron chi connectivity index (χ0n) is 17.5. The quantitative estimate of drug-likeness (QED) is 0.693. The van der Waals surface area contributed by atoms with Gasteiger partial charge >= 0.3 is 0 Å².